The Morgan fingerprint density at radius 3 is 1.28 bits per heavy atom. The van der Waals surface area contributed by atoms with Gasteiger partial charge in [0.25, 0.3) is 0 Å². The van der Waals surface area contributed by atoms with Crippen LogP contribution < -0.4 is 0 Å². The van der Waals surface area contributed by atoms with Gasteiger partial charge in [-0.15, -0.1) is 0 Å². The molecule has 0 fully saturated rings. The van der Waals surface area contributed by atoms with E-state index in [0.29, 0.717) is 92.5 Å². The molecule has 0 aromatic heterocycles. The molecular weight excluding hydrogens is 480 g/mol. The van der Waals surface area contributed by atoms with E-state index >= 15 is 0 Å². The number of phenols is 2. The summed E-state index contributed by atoms with van der Waals surface area (Å²) in [6, 6.07) is 3.71. The van der Waals surface area contributed by atoms with Gasteiger partial charge in [-0.25, -0.2) is 4.79 Å². The Kier molecular flexibility index (Phi) is 20.8. The number of carbonyl (C=O) groups excluding carboxylic acids is 1. The molecule has 36 heavy (non-hydrogen) atoms. The van der Waals surface area contributed by atoms with Crippen molar-refractivity contribution in [3.63, 3.8) is 0 Å². The Morgan fingerprint density at radius 2 is 0.917 bits per heavy atom. The van der Waals surface area contributed by atoms with Crippen molar-refractivity contribution >= 4 is 5.97 Å². The van der Waals surface area contributed by atoms with Crippen LogP contribution in [0.4, 0.5) is 0 Å². The molecule has 0 atom stereocenters. The van der Waals surface area contributed by atoms with Crippen molar-refractivity contribution in [1.82, 2.24) is 0 Å². The fourth-order valence-corrected chi connectivity index (χ4v) is 2.49. The van der Waals surface area contributed by atoms with E-state index in [-0.39, 0.29) is 30.3 Å². The first-order valence-electron chi connectivity index (χ1n) is 11.9. The molecule has 12 heteroatoms. The molecule has 2 N–H and O–H groups in total. The predicted octanol–water partition coefficient (Wildman–Crippen LogP) is 1.02. The molecule has 0 unspecified atom stereocenters. The van der Waals surface area contributed by atoms with Crippen molar-refractivity contribution in [2.24, 2.45) is 0 Å². The fourth-order valence-electron chi connectivity index (χ4n) is 2.49. The van der Waals surface area contributed by atoms with Crippen LogP contribution in [0.5, 0.6) is 11.5 Å². The van der Waals surface area contributed by atoms with E-state index in [1.54, 1.807) is 7.11 Å². The Bertz CT molecular complexity index is 658. The molecule has 0 aliphatic rings. The van der Waals surface area contributed by atoms with Gasteiger partial charge in [-0.3, -0.25) is 0 Å². The average molecular weight is 521 g/mol. The summed E-state index contributed by atoms with van der Waals surface area (Å²) in [6.07, 6.45) is 0. The van der Waals surface area contributed by atoms with E-state index in [4.69, 9.17) is 42.6 Å². The number of hydrogen-bond acceptors (Lipinski definition) is 12. The summed E-state index contributed by atoms with van der Waals surface area (Å²) in [4.78, 5) is 11.8. The molecule has 0 radical (unpaired) electrons. The van der Waals surface area contributed by atoms with Gasteiger partial charge in [0.2, 0.25) is 0 Å². The van der Waals surface area contributed by atoms with E-state index in [1.807, 2.05) is 0 Å². The zero-order valence-corrected chi connectivity index (χ0v) is 21.0. The van der Waals surface area contributed by atoms with Crippen LogP contribution in [0.15, 0.2) is 18.2 Å². The summed E-state index contributed by atoms with van der Waals surface area (Å²) in [6.45, 7) is 7.09. The van der Waals surface area contributed by atoms with Gasteiger partial charge in [0.1, 0.15) is 6.61 Å². The van der Waals surface area contributed by atoms with Crippen molar-refractivity contribution in [3.8, 4) is 11.5 Å². The zero-order chi connectivity index (χ0) is 26.1. The van der Waals surface area contributed by atoms with Crippen LogP contribution in [0.25, 0.3) is 0 Å². The SMILES string of the molecule is COCCOCCOCCOCCOCCOCCOCCOCCOC(=O)c1ccc(O)c(O)c1. The minimum atomic E-state index is -0.611. The van der Waals surface area contributed by atoms with Crippen molar-refractivity contribution in [3.05, 3.63) is 23.8 Å². The molecule has 1 aromatic carbocycles. The first-order valence-corrected chi connectivity index (χ1v) is 11.9. The van der Waals surface area contributed by atoms with E-state index in [0.717, 1.165) is 6.07 Å². The lowest BCUT2D eigenvalue weighted by molar-refractivity contribution is -0.0235. The number of aromatic hydroxyl groups is 2. The van der Waals surface area contributed by atoms with Gasteiger partial charge in [0.05, 0.1) is 105 Å². The van der Waals surface area contributed by atoms with Crippen LogP contribution in [-0.4, -0.2) is 129 Å². The summed E-state index contributed by atoms with van der Waals surface area (Å²) < 4.78 is 47.5. The molecule has 0 saturated heterocycles. The maximum Gasteiger partial charge on any atom is 0.338 e. The Labute approximate surface area is 212 Å². The van der Waals surface area contributed by atoms with E-state index in [9.17, 15) is 15.0 Å². The number of rotatable bonds is 25. The molecule has 12 nitrogen and oxygen atoms in total. The van der Waals surface area contributed by atoms with Gasteiger partial charge in [-0.1, -0.05) is 0 Å². The Hall–Kier alpha value is -2.03. The quantitative estimate of drug-likeness (QED) is 0.108. The standard InChI is InChI=1S/C24H40O12/c1-28-4-5-29-6-7-30-8-9-31-10-11-32-12-13-33-14-15-34-16-17-35-18-19-36-24(27)21-2-3-22(25)23(26)20-21/h2-3,20,25-26H,4-19H2,1H3. The van der Waals surface area contributed by atoms with E-state index in [1.165, 1.54) is 12.1 Å². The largest absolute Gasteiger partial charge is 0.504 e. The third-order valence-corrected chi connectivity index (χ3v) is 4.34. The lowest BCUT2D eigenvalue weighted by Gasteiger charge is -2.09. The highest BCUT2D eigenvalue weighted by atomic mass is 16.6. The maximum absolute atomic E-state index is 11.8. The molecule has 0 amide bonds. The third kappa shape index (κ3) is 18.3. The highest BCUT2D eigenvalue weighted by Gasteiger charge is 2.09. The Balaban J connectivity index is 1.73. The molecule has 208 valence electrons. The third-order valence-electron chi connectivity index (χ3n) is 4.34. The van der Waals surface area contributed by atoms with Crippen LogP contribution in [0.1, 0.15) is 10.4 Å². The summed E-state index contributed by atoms with van der Waals surface area (Å²) in [5, 5.41) is 18.6. The fraction of sp³-hybridized carbons (Fsp3) is 0.708. The normalized spacial score (nSPS) is 11.1. The summed E-state index contributed by atoms with van der Waals surface area (Å²) in [7, 11) is 1.63. The molecule has 1 aromatic rings. The first kappa shape index (κ1) is 32.0. The van der Waals surface area contributed by atoms with Gasteiger partial charge in [-0.05, 0) is 18.2 Å². The molecular formula is C24H40O12. The van der Waals surface area contributed by atoms with E-state index < -0.39 is 5.97 Å². The topological polar surface area (TPSA) is 141 Å². The lowest BCUT2D eigenvalue weighted by atomic mass is 10.2. The highest BCUT2D eigenvalue weighted by molar-refractivity contribution is 5.90. The number of carbonyl (C=O) groups is 1. The van der Waals surface area contributed by atoms with Crippen LogP contribution in [0.3, 0.4) is 0 Å². The van der Waals surface area contributed by atoms with Gasteiger partial charge in [0.15, 0.2) is 11.5 Å². The van der Waals surface area contributed by atoms with Gasteiger partial charge in [0, 0.05) is 7.11 Å². The molecule has 0 saturated carbocycles. The zero-order valence-electron chi connectivity index (χ0n) is 21.0. The van der Waals surface area contributed by atoms with Gasteiger partial charge in [-0.2, -0.15) is 0 Å². The number of ether oxygens (including phenoxy) is 9. The second kappa shape index (κ2) is 23.4. The van der Waals surface area contributed by atoms with Crippen LogP contribution >= 0.6 is 0 Å². The minimum Gasteiger partial charge on any atom is -0.504 e. The smallest absolute Gasteiger partial charge is 0.338 e. The van der Waals surface area contributed by atoms with Crippen molar-refractivity contribution < 1.29 is 57.6 Å². The number of esters is 1. The molecule has 0 bridgehead atoms. The van der Waals surface area contributed by atoms with Gasteiger partial charge >= 0.3 is 5.97 Å². The van der Waals surface area contributed by atoms with Crippen molar-refractivity contribution in [2.75, 3.05) is 113 Å². The minimum absolute atomic E-state index is 0.0630. The lowest BCUT2D eigenvalue weighted by Crippen LogP contribution is -2.15. The molecule has 1 rings (SSSR count). The van der Waals surface area contributed by atoms with E-state index in [2.05, 4.69) is 0 Å². The molecule has 0 aliphatic carbocycles. The number of hydrogen-bond donors (Lipinski definition) is 2. The number of methoxy groups -OCH3 is 1. The van der Waals surface area contributed by atoms with Crippen molar-refractivity contribution in [2.45, 2.75) is 0 Å². The summed E-state index contributed by atoms with van der Waals surface area (Å²) in [5.74, 6) is -1.29. The van der Waals surface area contributed by atoms with Crippen LogP contribution in [-0.2, 0) is 42.6 Å². The highest BCUT2D eigenvalue weighted by Crippen LogP contribution is 2.25. The first-order chi connectivity index (χ1) is 17.6. The molecule has 0 aliphatic heterocycles. The summed E-state index contributed by atoms with van der Waals surface area (Å²) in [5.41, 5.74) is 0.143. The molecule has 0 spiro atoms. The maximum atomic E-state index is 11.8. The second-order valence-corrected chi connectivity index (χ2v) is 7.12. The monoisotopic (exact) mass is 520 g/mol. The number of phenolic OH excluding ortho intramolecular Hbond substituents is 2. The van der Waals surface area contributed by atoms with Crippen LogP contribution in [0.2, 0.25) is 0 Å². The van der Waals surface area contributed by atoms with Crippen LogP contribution in [0, 0.1) is 0 Å². The summed E-state index contributed by atoms with van der Waals surface area (Å²) >= 11 is 0. The Morgan fingerprint density at radius 1 is 0.556 bits per heavy atom. The molecule has 0 heterocycles. The van der Waals surface area contributed by atoms with Crippen molar-refractivity contribution in [1.29, 1.82) is 0 Å². The average Bonchev–Trinajstić information content (AvgIpc) is 2.88. The van der Waals surface area contributed by atoms with Gasteiger partial charge < -0.3 is 52.8 Å². The number of benzene rings is 1. The predicted molar refractivity (Wildman–Crippen MR) is 128 cm³/mol. The second-order valence-electron chi connectivity index (χ2n) is 7.12.